The van der Waals surface area contributed by atoms with Gasteiger partial charge in [0.25, 0.3) is 11.8 Å². The Morgan fingerprint density at radius 1 is 1.16 bits per heavy atom. The minimum Gasteiger partial charge on any atom is -0.508 e. The number of aliphatic carboxylic acids is 1. The van der Waals surface area contributed by atoms with Gasteiger partial charge in [-0.15, -0.1) is 22.0 Å². The van der Waals surface area contributed by atoms with Crippen molar-refractivity contribution >= 4 is 69.6 Å². The predicted octanol–water partition coefficient (Wildman–Crippen LogP) is 2.43. The van der Waals surface area contributed by atoms with Gasteiger partial charge in [0.1, 0.15) is 33.9 Å². The number of fused-ring (bicyclic) bond motifs is 2. The zero-order chi connectivity index (χ0) is 30.2. The lowest BCUT2D eigenvalue weighted by molar-refractivity contribution is -0.151. The van der Waals surface area contributed by atoms with E-state index in [4.69, 9.17) is 0 Å². The van der Waals surface area contributed by atoms with E-state index in [1.807, 2.05) is 6.92 Å². The van der Waals surface area contributed by atoms with Crippen LogP contribution < -0.4 is 10.6 Å². The van der Waals surface area contributed by atoms with Gasteiger partial charge in [0.05, 0.1) is 11.0 Å². The average molecular weight is 638 g/mol. The van der Waals surface area contributed by atoms with Gasteiger partial charge in [-0.05, 0) is 42.3 Å². The van der Waals surface area contributed by atoms with Crippen molar-refractivity contribution in [2.45, 2.75) is 28.7 Å². The highest BCUT2D eigenvalue weighted by Gasteiger charge is 2.54. The average Bonchev–Trinajstić information content (AvgIpc) is 3.63. The van der Waals surface area contributed by atoms with Gasteiger partial charge in [0.2, 0.25) is 5.91 Å². The Kier molecular flexibility index (Phi) is 7.81. The third kappa shape index (κ3) is 5.68. The maximum absolute atomic E-state index is 13.6. The van der Waals surface area contributed by atoms with Crippen molar-refractivity contribution in [3.63, 3.8) is 0 Å². The van der Waals surface area contributed by atoms with Crippen LogP contribution in [0.15, 0.2) is 64.1 Å². The Labute approximate surface area is 256 Å². The smallest absolute Gasteiger partial charge is 0.352 e. The van der Waals surface area contributed by atoms with Crippen LogP contribution in [0.5, 0.6) is 5.75 Å². The third-order valence-corrected chi connectivity index (χ3v) is 10.2. The molecule has 3 atom stereocenters. The Morgan fingerprint density at radius 2 is 1.93 bits per heavy atom. The number of carboxylic acid groups (broad SMARTS) is 1. The summed E-state index contributed by atoms with van der Waals surface area (Å²) in [6, 6.07) is 10.6. The van der Waals surface area contributed by atoms with Gasteiger partial charge in [-0.25, -0.2) is 9.78 Å². The molecule has 2 aromatic heterocycles. The molecule has 3 amide bonds. The van der Waals surface area contributed by atoms with Gasteiger partial charge in [-0.3, -0.25) is 19.3 Å². The molecule has 2 aliphatic rings. The molecule has 0 radical (unpaired) electrons. The molecule has 1 saturated heterocycles. The summed E-state index contributed by atoms with van der Waals surface area (Å²) in [6.45, 7) is 1.83. The maximum atomic E-state index is 13.6. The number of nitrogens with zero attached hydrogens (tertiary/aromatic N) is 4. The predicted molar refractivity (Wildman–Crippen MR) is 159 cm³/mol. The molecule has 0 spiro atoms. The number of hydrogen-bond acceptors (Lipinski definition) is 11. The van der Waals surface area contributed by atoms with E-state index in [-0.39, 0.29) is 17.3 Å². The second kappa shape index (κ2) is 11.7. The van der Waals surface area contributed by atoms with Gasteiger partial charge < -0.3 is 25.8 Å². The first-order valence-corrected chi connectivity index (χ1v) is 15.7. The zero-order valence-corrected chi connectivity index (χ0v) is 24.8. The van der Waals surface area contributed by atoms with Crippen molar-refractivity contribution in [3.8, 4) is 5.75 Å². The molecule has 4 heterocycles. The van der Waals surface area contributed by atoms with Crippen molar-refractivity contribution in [2.24, 2.45) is 0 Å². The summed E-state index contributed by atoms with van der Waals surface area (Å²) >= 11 is 4.10. The van der Waals surface area contributed by atoms with E-state index in [2.05, 4.69) is 30.8 Å². The molecular formula is C27H23N7O6S3. The van der Waals surface area contributed by atoms with Gasteiger partial charge in [0, 0.05) is 11.5 Å². The summed E-state index contributed by atoms with van der Waals surface area (Å²) in [5, 5.41) is 33.3. The molecule has 2 unspecified atom stereocenters. The first kappa shape index (κ1) is 28.7. The van der Waals surface area contributed by atoms with Crippen LogP contribution >= 0.6 is 34.9 Å². The van der Waals surface area contributed by atoms with E-state index in [0.29, 0.717) is 38.0 Å². The van der Waals surface area contributed by atoms with Crippen LogP contribution in [0.1, 0.15) is 27.2 Å². The lowest BCUT2D eigenvalue weighted by atomic mass is 10.0. The van der Waals surface area contributed by atoms with E-state index in [0.717, 1.165) is 5.01 Å². The zero-order valence-electron chi connectivity index (χ0n) is 22.3. The minimum absolute atomic E-state index is 0.00293. The number of H-pyrrole nitrogens is 1. The first-order chi connectivity index (χ1) is 20.7. The normalized spacial score (nSPS) is 18.6. The fourth-order valence-electron chi connectivity index (χ4n) is 4.74. The third-order valence-electron chi connectivity index (χ3n) is 6.79. The van der Waals surface area contributed by atoms with Gasteiger partial charge in [-0.1, -0.05) is 47.4 Å². The van der Waals surface area contributed by atoms with Crippen molar-refractivity contribution in [1.29, 1.82) is 0 Å². The van der Waals surface area contributed by atoms with Crippen molar-refractivity contribution in [1.82, 2.24) is 35.7 Å². The Bertz CT molecular complexity index is 1750. The van der Waals surface area contributed by atoms with Crippen LogP contribution in [0.2, 0.25) is 0 Å². The van der Waals surface area contributed by atoms with Gasteiger partial charge in [0.15, 0.2) is 10.2 Å². The molecular weight excluding hydrogens is 615 g/mol. The number of aromatic nitrogens is 4. The van der Waals surface area contributed by atoms with E-state index in [1.165, 1.54) is 64.0 Å². The SMILES string of the molecule is Cc1nnc(SCC2=C(C(=O)O)N3C(=O)C(NC(=O)C(NC(=O)c4nc5ccccc5[nH]4)c4ccc(O)cc4)[C@H]3SC2)s1. The summed E-state index contributed by atoms with van der Waals surface area (Å²) in [5.41, 5.74) is 2.06. The second-order valence-electron chi connectivity index (χ2n) is 9.63. The molecule has 43 heavy (non-hydrogen) atoms. The summed E-state index contributed by atoms with van der Waals surface area (Å²) in [5.74, 6) is -2.48. The Balaban J connectivity index is 1.19. The standard InChI is InChI=1S/C27H23N7O6S3/c1-12-32-33-27(43-12)42-11-14-10-41-25-19(24(38)34(25)20(14)26(39)40)31-22(36)18(13-6-8-15(35)9-7-13)30-23(37)21-28-16-4-2-3-5-17(16)29-21/h2-9,18-19,25,35H,10-11H2,1H3,(H,28,29)(H,30,37)(H,31,36)(H,39,40)/t18?,19?,25-/m1/s1. The second-order valence-corrected chi connectivity index (χ2v) is 13.1. The minimum atomic E-state index is -1.24. The molecule has 0 saturated carbocycles. The number of nitrogens with one attached hydrogen (secondary N) is 3. The number of benzene rings is 2. The number of aromatic hydroxyl groups is 1. The summed E-state index contributed by atoms with van der Waals surface area (Å²) in [6.07, 6.45) is 0. The van der Waals surface area contributed by atoms with Crippen LogP contribution in [0.25, 0.3) is 11.0 Å². The topological polar surface area (TPSA) is 190 Å². The summed E-state index contributed by atoms with van der Waals surface area (Å²) in [4.78, 5) is 60.6. The number of phenolic OH excluding ortho intramolecular Hbond substituents is 1. The highest BCUT2D eigenvalue weighted by Crippen LogP contribution is 2.42. The molecule has 2 aromatic carbocycles. The largest absolute Gasteiger partial charge is 0.508 e. The molecule has 2 aliphatic heterocycles. The van der Waals surface area contributed by atoms with E-state index in [9.17, 15) is 29.4 Å². The highest BCUT2D eigenvalue weighted by atomic mass is 32.2. The maximum Gasteiger partial charge on any atom is 0.352 e. The van der Waals surface area contributed by atoms with Crippen molar-refractivity contribution in [2.75, 3.05) is 11.5 Å². The Morgan fingerprint density at radius 3 is 2.63 bits per heavy atom. The molecule has 220 valence electrons. The molecule has 16 heteroatoms. The molecule has 0 bridgehead atoms. The number of aryl methyl sites for hydroxylation is 1. The van der Waals surface area contributed by atoms with Gasteiger partial charge >= 0.3 is 5.97 Å². The molecule has 13 nitrogen and oxygen atoms in total. The number of thioether (sulfide) groups is 2. The number of β-lactam (4-membered cyclic amide) rings is 1. The number of para-hydroxylation sites is 2. The number of hydrogen-bond donors (Lipinski definition) is 5. The van der Waals surface area contributed by atoms with Crippen molar-refractivity contribution < 1.29 is 29.4 Å². The number of carboxylic acids is 1. The van der Waals surface area contributed by atoms with Gasteiger partial charge in [-0.2, -0.15) is 0 Å². The number of amides is 3. The van der Waals surface area contributed by atoms with E-state index < -0.39 is 41.1 Å². The molecule has 5 N–H and O–H groups in total. The van der Waals surface area contributed by atoms with Crippen LogP contribution in [-0.2, 0) is 14.4 Å². The summed E-state index contributed by atoms with van der Waals surface area (Å²) in [7, 11) is 0. The van der Waals surface area contributed by atoms with Crippen LogP contribution in [-0.4, -0.2) is 81.9 Å². The number of imidazole rings is 1. The van der Waals surface area contributed by atoms with Crippen LogP contribution in [0, 0.1) is 6.92 Å². The fraction of sp³-hybridized carbons (Fsp3) is 0.222. The highest BCUT2D eigenvalue weighted by molar-refractivity contribution is 8.01. The monoisotopic (exact) mass is 637 g/mol. The summed E-state index contributed by atoms with van der Waals surface area (Å²) < 4.78 is 0.701. The quantitative estimate of drug-likeness (QED) is 0.134. The molecule has 0 aliphatic carbocycles. The van der Waals surface area contributed by atoms with Crippen LogP contribution in [0.3, 0.4) is 0 Å². The fourth-order valence-corrected chi connectivity index (χ4v) is 8.04. The molecule has 6 rings (SSSR count). The number of carbonyl (C=O) groups is 4. The van der Waals surface area contributed by atoms with Crippen LogP contribution in [0.4, 0.5) is 0 Å². The lowest BCUT2D eigenvalue weighted by Gasteiger charge is -2.49. The molecule has 1 fully saturated rings. The molecule has 4 aromatic rings. The first-order valence-electron chi connectivity index (χ1n) is 12.9. The number of phenols is 1. The Hall–Kier alpha value is -4.41. The number of aromatic amines is 1. The number of rotatable bonds is 9. The number of carbonyl (C=O) groups excluding carboxylic acids is 3. The van der Waals surface area contributed by atoms with E-state index >= 15 is 0 Å². The van der Waals surface area contributed by atoms with Crippen molar-refractivity contribution in [3.05, 3.63) is 76.2 Å². The van der Waals surface area contributed by atoms with E-state index in [1.54, 1.807) is 24.3 Å². The lowest BCUT2D eigenvalue weighted by Crippen LogP contribution is -2.71.